The summed E-state index contributed by atoms with van der Waals surface area (Å²) in [5.41, 5.74) is 0.982. The fourth-order valence-electron chi connectivity index (χ4n) is 4.04. The summed E-state index contributed by atoms with van der Waals surface area (Å²) >= 11 is 0. The summed E-state index contributed by atoms with van der Waals surface area (Å²) in [5.74, 6) is -1.57. The quantitative estimate of drug-likeness (QED) is 0.118. The Kier molecular flexibility index (Phi) is 11.4. The zero-order chi connectivity index (χ0) is 29.3. The van der Waals surface area contributed by atoms with Crippen molar-refractivity contribution in [3.8, 4) is 5.75 Å². The molecular formula is C27H34FNO9P2. The second-order valence-electron chi connectivity index (χ2n) is 8.37. The second-order valence-corrected chi connectivity index (χ2v) is 12.7. The number of carbonyl (C=O) groups excluding carboxylic acids is 2. The van der Waals surface area contributed by atoms with Gasteiger partial charge in [0.25, 0.3) is 11.8 Å². The molecule has 0 fully saturated rings. The molecule has 0 saturated carbocycles. The summed E-state index contributed by atoms with van der Waals surface area (Å²) in [6.45, 7) is 6.53. The maximum absolute atomic E-state index is 14.6. The van der Waals surface area contributed by atoms with Crippen molar-refractivity contribution in [3.63, 3.8) is 0 Å². The molecule has 13 heteroatoms. The van der Waals surface area contributed by atoms with Crippen molar-refractivity contribution in [2.24, 2.45) is 0 Å². The fourth-order valence-corrected chi connectivity index (χ4v) is 8.59. The van der Waals surface area contributed by atoms with E-state index in [9.17, 15) is 23.1 Å². The van der Waals surface area contributed by atoms with Crippen LogP contribution in [-0.2, 0) is 27.2 Å². The van der Waals surface area contributed by atoms with Gasteiger partial charge in [0, 0.05) is 6.54 Å². The van der Waals surface area contributed by atoms with Crippen molar-refractivity contribution >= 4 is 33.1 Å². The standard InChI is InChI=1S/C27H34FNO9P2/c1-5-35-39(32,36-6-2)25(40(33,37-7-3)38-8-4)19-20-14-15-23(28)24(18-20)34-17-11-16-29-26(30)21-12-9-10-13-22(21)27(29)31/h9-10,12-15,18-19H,5-8,11,16-17H2,1-4H3. The Balaban J connectivity index is 1.82. The molecule has 0 radical (unpaired) electrons. The average Bonchev–Trinajstić information content (AvgIpc) is 3.16. The smallest absolute Gasteiger partial charge is 0.369 e. The lowest BCUT2D eigenvalue weighted by Crippen LogP contribution is -2.31. The van der Waals surface area contributed by atoms with Crippen molar-refractivity contribution in [2.45, 2.75) is 34.1 Å². The summed E-state index contributed by atoms with van der Waals surface area (Å²) in [4.78, 5) is 26.2. The van der Waals surface area contributed by atoms with Gasteiger partial charge in [-0.3, -0.25) is 23.6 Å². The van der Waals surface area contributed by atoms with Gasteiger partial charge in [-0.25, -0.2) is 4.39 Å². The number of fused-ring (bicyclic) bond motifs is 1. The highest BCUT2D eigenvalue weighted by Crippen LogP contribution is 2.74. The molecule has 1 aliphatic rings. The van der Waals surface area contributed by atoms with E-state index in [0.29, 0.717) is 11.1 Å². The maximum atomic E-state index is 14.6. The monoisotopic (exact) mass is 597 g/mol. The molecule has 0 N–H and O–H groups in total. The van der Waals surface area contributed by atoms with Crippen molar-refractivity contribution in [1.82, 2.24) is 4.90 Å². The number of nitrogens with zero attached hydrogens (tertiary/aromatic N) is 1. The zero-order valence-electron chi connectivity index (χ0n) is 23.0. The van der Waals surface area contributed by atoms with E-state index in [-0.39, 0.29) is 74.2 Å². The molecule has 0 bridgehead atoms. The molecule has 0 atom stereocenters. The van der Waals surface area contributed by atoms with E-state index >= 15 is 0 Å². The number of imide groups is 1. The molecule has 10 nitrogen and oxygen atoms in total. The molecule has 0 aromatic heterocycles. The third kappa shape index (κ3) is 7.16. The van der Waals surface area contributed by atoms with Gasteiger partial charge in [-0.1, -0.05) is 18.2 Å². The highest BCUT2D eigenvalue weighted by Gasteiger charge is 2.45. The molecule has 3 rings (SSSR count). The van der Waals surface area contributed by atoms with E-state index in [0.717, 1.165) is 11.0 Å². The number of hydrogen-bond donors (Lipinski definition) is 0. The van der Waals surface area contributed by atoms with Crippen LogP contribution in [0.3, 0.4) is 0 Å². The minimum Gasteiger partial charge on any atom is -0.490 e. The van der Waals surface area contributed by atoms with E-state index < -0.39 is 21.0 Å². The van der Waals surface area contributed by atoms with Crippen LogP contribution in [0.25, 0.3) is 6.08 Å². The van der Waals surface area contributed by atoms with Crippen molar-refractivity contribution < 1.29 is 45.9 Å². The summed E-state index contributed by atoms with van der Waals surface area (Å²) < 4.78 is 69.4. The number of benzene rings is 2. The fraction of sp³-hybridized carbons (Fsp3) is 0.407. The predicted molar refractivity (Wildman–Crippen MR) is 148 cm³/mol. The Hall–Kier alpha value is -2.65. The minimum absolute atomic E-state index is 0.00223. The molecule has 2 amide bonds. The van der Waals surface area contributed by atoms with E-state index in [1.54, 1.807) is 52.0 Å². The van der Waals surface area contributed by atoms with Gasteiger partial charge >= 0.3 is 15.2 Å². The van der Waals surface area contributed by atoms with Crippen LogP contribution in [0.5, 0.6) is 5.75 Å². The van der Waals surface area contributed by atoms with Crippen molar-refractivity contribution in [1.29, 1.82) is 0 Å². The van der Waals surface area contributed by atoms with Crippen molar-refractivity contribution in [3.05, 3.63) is 70.0 Å². The van der Waals surface area contributed by atoms with Crippen molar-refractivity contribution in [2.75, 3.05) is 39.6 Å². The molecule has 0 spiro atoms. The zero-order valence-corrected chi connectivity index (χ0v) is 24.8. The summed E-state index contributed by atoms with van der Waals surface area (Å²) in [7, 11) is -8.27. The van der Waals surface area contributed by atoms with Gasteiger partial charge in [0.2, 0.25) is 0 Å². The van der Waals surface area contributed by atoms with Gasteiger partial charge in [-0.2, -0.15) is 0 Å². The third-order valence-corrected chi connectivity index (χ3v) is 10.9. The maximum Gasteiger partial charge on any atom is 0.369 e. The van der Waals surface area contributed by atoms with Gasteiger partial charge in [-0.05, 0) is 70.0 Å². The summed E-state index contributed by atoms with van der Waals surface area (Å²) in [6, 6.07) is 10.4. The van der Waals surface area contributed by atoms with Crippen LogP contribution in [0.1, 0.15) is 60.4 Å². The molecule has 0 unspecified atom stereocenters. The summed E-state index contributed by atoms with van der Waals surface area (Å²) in [5, 5.41) is -0.310. The van der Waals surface area contributed by atoms with E-state index in [2.05, 4.69) is 0 Å². The Morgan fingerprint density at radius 3 is 1.80 bits per heavy atom. The van der Waals surface area contributed by atoms with E-state index in [1.807, 2.05) is 0 Å². The van der Waals surface area contributed by atoms with Gasteiger partial charge in [0.1, 0.15) is 0 Å². The van der Waals surface area contributed by atoms with E-state index in [1.165, 1.54) is 18.2 Å². The number of carbonyl (C=O) groups is 2. The lowest BCUT2D eigenvalue weighted by atomic mass is 10.1. The van der Waals surface area contributed by atoms with E-state index in [4.69, 9.17) is 22.8 Å². The predicted octanol–water partition coefficient (Wildman–Crippen LogP) is 6.72. The topological polar surface area (TPSA) is 118 Å². The number of rotatable bonds is 16. The lowest BCUT2D eigenvalue weighted by molar-refractivity contribution is 0.0646. The third-order valence-electron chi connectivity index (χ3n) is 5.67. The molecule has 2 aromatic rings. The number of ether oxygens (including phenoxy) is 1. The van der Waals surface area contributed by atoms with Gasteiger partial charge in [-0.15, -0.1) is 0 Å². The first-order valence-corrected chi connectivity index (χ1v) is 16.1. The largest absolute Gasteiger partial charge is 0.490 e. The van der Waals surface area contributed by atoms with Crippen LogP contribution in [-0.4, -0.2) is 56.3 Å². The summed E-state index contributed by atoms with van der Waals surface area (Å²) in [6.07, 6.45) is 1.53. The first-order valence-electron chi connectivity index (χ1n) is 13.0. The molecule has 1 heterocycles. The molecule has 0 saturated heterocycles. The van der Waals surface area contributed by atoms with Crippen LogP contribution in [0, 0.1) is 5.82 Å². The molecular weight excluding hydrogens is 563 g/mol. The first-order chi connectivity index (χ1) is 19.1. The van der Waals surface area contributed by atoms with Gasteiger partial charge in [0.15, 0.2) is 16.6 Å². The second kappa shape index (κ2) is 14.3. The highest BCUT2D eigenvalue weighted by molar-refractivity contribution is 7.79. The normalized spacial score (nSPS) is 13.5. The van der Waals surface area contributed by atoms with Gasteiger partial charge < -0.3 is 22.8 Å². The highest BCUT2D eigenvalue weighted by atomic mass is 31.2. The number of halogens is 1. The Morgan fingerprint density at radius 1 is 0.825 bits per heavy atom. The number of hydrogen-bond acceptors (Lipinski definition) is 9. The van der Waals surface area contributed by atoms with Crippen LogP contribution in [0.15, 0.2) is 47.5 Å². The number of amides is 2. The Bertz CT molecular complexity index is 1260. The SMILES string of the molecule is CCOP(=O)(OCC)C(=Cc1ccc(F)c(OCCCN2C(=O)c3ccccc3C2=O)c1)P(=O)(OCC)OCC. The minimum atomic E-state index is -4.13. The molecule has 218 valence electrons. The lowest BCUT2D eigenvalue weighted by Gasteiger charge is -2.25. The van der Waals surface area contributed by atoms with Crippen LogP contribution < -0.4 is 4.74 Å². The molecule has 0 aliphatic carbocycles. The molecule has 1 aliphatic heterocycles. The Morgan fingerprint density at radius 2 is 1.32 bits per heavy atom. The first kappa shape index (κ1) is 31.9. The van der Waals surface area contributed by atoms with Crippen LogP contribution >= 0.6 is 15.2 Å². The Labute approximate surface area is 233 Å². The van der Waals surface area contributed by atoms with Crippen LogP contribution in [0.4, 0.5) is 4.39 Å². The molecule has 2 aromatic carbocycles. The van der Waals surface area contributed by atoms with Gasteiger partial charge in [0.05, 0.1) is 44.2 Å². The van der Waals surface area contributed by atoms with Crippen LogP contribution in [0.2, 0.25) is 0 Å². The average molecular weight is 598 g/mol. The molecule has 40 heavy (non-hydrogen) atoms.